The second-order valence-corrected chi connectivity index (χ2v) is 9.84. The summed E-state index contributed by atoms with van der Waals surface area (Å²) in [6, 6.07) is 9.91. The number of Topliss-reactive ketones (excluding diaryl/α,β-unsaturated/α-hetero) is 1. The number of nitrogens with one attached hydrogen (secondary N) is 1. The van der Waals surface area contributed by atoms with Gasteiger partial charge in [-0.1, -0.05) is 6.92 Å². The molecule has 2 aliphatic heterocycles. The van der Waals surface area contributed by atoms with Crippen LogP contribution in [-0.4, -0.2) is 78.1 Å². The average Bonchev–Trinajstić information content (AvgIpc) is 3.64. The van der Waals surface area contributed by atoms with Gasteiger partial charge in [0.1, 0.15) is 6.04 Å². The van der Waals surface area contributed by atoms with E-state index in [4.69, 9.17) is 4.42 Å². The monoisotopic (exact) mass is 508 g/mol. The fourth-order valence-corrected chi connectivity index (χ4v) is 5.38. The van der Waals surface area contributed by atoms with Gasteiger partial charge in [-0.05, 0) is 69.0 Å². The van der Waals surface area contributed by atoms with Gasteiger partial charge in [0.2, 0.25) is 5.91 Å². The zero-order chi connectivity index (χ0) is 26.5. The summed E-state index contributed by atoms with van der Waals surface area (Å²) >= 11 is 0. The summed E-state index contributed by atoms with van der Waals surface area (Å²) in [5, 5.41) is 2.94. The number of carbonyl (C=O) groups excluding carboxylic acids is 4. The quantitative estimate of drug-likeness (QED) is 0.529. The maximum Gasteiger partial charge on any atom is 0.290 e. The van der Waals surface area contributed by atoms with Crippen LogP contribution in [0, 0.1) is 5.92 Å². The summed E-state index contributed by atoms with van der Waals surface area (Å²) in [6.07, 6.45) is 2.94. The Kier molecular flexibility index (Phi) is 8.31. The number of benzene rings is 1. The molecule has 3 heterocycles. The first-order valence-electron chi connectivity index (χ1n) is 13.1. The number of fused-ring (bicyclic) bond motifs is 1. The second-order valence-electron chi connectivity index (χ2n) is 9.84. The maximum atomic E-state index is 13.1. The Hall–Kier alpha value is -3.62. The molecule has 0 aliphatic carbocycles. The minimum Gasteiger partial charge on any atom is -0.459 e. The highest BCUT2D eigenvalue weighted by molar-refractivity contribution is 6.01. The van der Waals surface area contributed by atoms with Crippen molar-refractivity contribution in [3.8, 4) is 0 Å². The number of hydrogen-bond donors (Lipinski definition) is 1. The Morgan fingerprint density at radius 3 is 2.49 bits per heavy atom. The molecule has 1 N–H and O–H groups in total. The van der Waals surface area contributed by atoms with E-state index in [-0.39, 0.29) is 54.2 Å². The van der Waals surface area contributed by atoms with Crippen LogP contribution in [0.4, 0.5) is 5.69 Å². The van der Waals surface area contributed by atoms with Gasteiger partial charge in [0.05, 0.1) is 18.8 Å². The van der Waals surface area contributed by atoms with Crippen molar-refractivity contribution in [3.63, 3.8) is 0 Å². The number of furan rings is 1. The van der Waals surface area contributed by atoms with Crippen LogP contribution in [-0.2, 0) is 9.59 Å². The first kappa shape index (κ1) is 26.4. The number of likely N-dealkylation sites (tertiary alicyclic amines) is 2. The lowest BCUT2D eigenvalue weighted by Crippen LogP contribution is -2.44. The van der Waals surface area contributed by atoms with Crippen molar-refractivity contribution in [2.75, 3.05) is 37.6 Å². The van der Waals surface area contributed by atoms with Gasteiger partial charge in [-0.15, -0.1) is 0 Å². The van der Waals surface area contributed by atoms with Crippen molar-refractivity contribution in [3.05, 3.63) is 54.0 Å². The highest BCUT2D eigenvalue weighted by atomic mass is 16.3. The normalized spacial score (nSPS) is 19.6. The molecular formula is C28H36N4O5. The number of amides is 3. The van der Waals surface area contributed by atoms with Crippen molar-refractivity contribution in [2.24, 2.45) is 5.92 Å². The lowest BCUT2D eigenvalue weighted by molar-refractivity contribution is -0.137. The van der Waals surface area contributed by atoms with Gasteiger partial charge >= 0.3 is 0 Å². The van der Waals surface area contributed by atoms with E-state index >= 15 is 0 Å². The predicted octanol–water partition coefficient (Wildman–Crippen LogP) is 2.97. The molecule has 3 amide bonds. The first-order valence-corrected chi connectivity index (χ1v) is 13.1. The number of hydrogen-bond acceptors (Lipinski definition) is 6. The minimum absolute atomic E-state index is 0.00384. The van der Waals surface area contributed by atoms with E-state index < -0.39 is 6.04 Å². The van der Waals surface area contributed by atoms with Crippen molar-refractivity contribution < 1.29 is 23.6 Å². The van der Waals surface area contributed by atoms with Gasteiger partial charge in [0.25, 0.3) is 11.8 Å². The molecule has 3 atom stereocenters. The molecule has 198 valence electrons. The molecule has 0 bridgehead atoms. The van der Waals surface area contributed by atoms with E-state index in [1.807, 2.05) is 31.2 Å². The van der Waals surface area contributed by atoms with Crippen LogP contribution in [0.2, 0.25) is 0 Å². The highest BCUT2D eigenvalue weighted by Gasteiger charge is 2.51. The van der Waals surface area contributed by atoms with E-state index in [9.17, 15) is 19.2 Å². The highest BCUT2D eigenvalue weighted by Crippen LogP contribution is 2.32. The number of rotatable bonds is 10. The summed E-state index contributed by atoms with van der Waals surface area (Å²) in [4.78, 5) is 56.5. The summed E-state index contributed by atoms with van der Waals surface area (Å²) in [6.45, 7) is 8.90. The zero-order valence-corrected chi connectivity index (χ0v) is 21.8. The van der Waals surface area contributed by atoms with Gasteiger partial charge in [-0.3, -0.25) is 19.2 Å². The van der Waals surface area contributed by atoms with Crippen LogP contribution >= 0.6 is 0 Å². The number of ketones is 1. The van der Waals surface area contributed by atoms with E-state index in [0.717, 1.165) is 18.8 Å². The van der Waals surface area contributed by atoms with E-state index in [1.165, 1.54) is 11.2 Å². The van der Waals surface area contributed by atoms with Crippen molar-refractivity contribution in [1.82, 2.24) is 15.1 Å². The van der Waals surface area contributed by atoms with E-state index in [1.54, 1.807) is 17.0 Å². The predicted molar refractivity (Wildman–Crippen MR) is 139 cm³/mol. The van der Waals surface area contributed by atoms with Gasteiger partial charge in [-0.2, -0.15) is 0 Å². The van der Waals surface area contributed by atoms with Gasteiger partial charge in [0, 0.05) is 43.9 Å². The minimum atomic E-state index is -0.586. The van der Waals surface area contributed by atoms with Crippen LogP contribution in [0.5, 0.6) is 0 Å². The Balaban J connectivity index is 1.24. The zero-order valence-electron chi connectivity index (χ0n) is 21.8. The van der Waals surface area contributed by atoms with E-state index in [0.29, 0.717) is 31.5 Å². The third-order valence-electron chi connectivity index (χ3n) is 7.44. The smallest absolute Gasteiger partial charge is 0.290 e. The molecule has 2 saturated heterocycles. The number of anilines is 1. The summed E-state index contributed by atoms with van der Waals surface area (Å²) < 4.78 is 5.21. The van der Waals surface area contributed by atoms with Crippen LogP contribution < -0.4 is 10.2 Å². The molecule has 0 spiro atoms. The molecule has 4 rings (SSSR count). The van der Waals surface area contributed by atoms with Crippen LogP contribution in [0.1, 0.15) is 60.9 Å². The molecule has 2 aromatic rings. The summed E-state index contributed by atoms with van der Waals surface area (Å²) in [5.41, 5.74) is 1.70. The van der Waals surface area contributed by atoms with Gasteiger partial charge in [-0.25, -0.2) is 0 Å². The Bertz CT molecular complexity index is 1110. The molecule has 1 aromatic carbocycles. The molecule has 9 nitrogen and oxygen atoms in total. The van der Waals surface area contributed by atoms with E-state index in [2.05, 4.69) is 24.1 Å². The Morgan fingerprint density at radius 2 is 1.84 bits per heavy atom. The summed E-state index contributed by atoms with van der Waals surface area (Å²) in [7, 11) is 0. The Morgan fingerprint density at radius 1 is 1.11 bits per heavy atom. The number of carbonyl (C=O) groups is 4. The fourth-order valence-electron chi connectivity index (χ4n) is 5.38. The fraction of sp³-hybridized carbons (Fsp3) is 0.500. The lowest BCUT2D eigenvalue weighted by atomic mass is 10.0. The van der Waals surface area contributed by atoms with Crippen molar-refractivity contribution >= 4 is 29.2 Å². The maximum absolute atomic E-state index is 13.1. The van der Waals surface area contributed by atoms with Crippen LogP contribution in [0.3, 0.4) is 0 Å². The second kappa shape index (κ2) is 11.6. The van der Waals surface area contributed by atoms with Gasteiger partial charge < -0.3 is 24.4 Å². The molecule has 37 heavy (non-hydrogen) atoms. The molecule has 2 aliphatic rings. The molecule has 0 saturated carbocycles. The van der Waals surface area contributed by atoms with Crippen LogP contribution in [0.25, 0.3) is 0 Å². The molecule has 9 heteroatoms. The lowest BCUT2D eigenvalue weighted by Gasteiger charge is -2.25. The molecule has 0 radical (unpaired) electrons. The SMILES string of the molecule is CCN(CC)c1ccc(C(=O)NCCC(C)CC(=O)N2CCC3C2C(=O)CN3C(=O)c2ccco2)cc1. The molecular weight excluding hydrogens is 472 g/mol. The average molecular weight is 509 g/mol. The molecule has 2 fully saturated rings. The third-order valence-corrected chi connectivity index (χ3v) is 7.44. The Labute approximate surface area is 217 Å². The van der Waals surface area contributed by atoms with Crippen molar-refractivity contribution in [1.29, 1.82) is 0 Å². The summed E-state index contributed by atoms with van der Waals surface area (Å²) in [5.74, 6) is -0.401. The van der Waals surface area contributed by atoms with Crippen molar-refractivity contribution in [2.45, 2.75) is 52.1 Å². The van der Waals surface area contributed by atoms with Gasteiger partial charge in [0.15, 0.2) is 11.5 Å². The number of nitrogens with zero attached hydrogens (tertiary/aromatic N) is 3. The largest absolute Gasteiger partial charge is 0.459 e. The third kappa shape index (κ3) is 5.70. The standard InChI is InChI=1S/C28H36N4O5/c1-4-30(5-2)21-10-8-20(9-11-21)27(35)29-14-12-19(3)17-25(34)31-15-13-22-26(31)23(33)18-32(22)28(36)24-7-6-16-37-24/h6-11,16,19,22,26H,4-5,12-15,17-18H2,1-3H3,(H,29,35). The first-order chi connectivity index (χ1) is 17.8. The molecule has 3 unspecified atom stereocenters. The topological polar surface area (TPSA) is 103 Å². The molecule has 1 aromatic heterocycles. The van der Waals surface area contributed by atoms with Crippen LogP contribution in [0.15, 0.2) is 47.1 Å².